The number of carbonyl (C=O) groups excluding carboxylic acids is 1. The summed E-state index contributed by atoms with van der Waals surface area (Å²) in [7, 11) is 0. The van der Waals surface area contributed by atoms with Crippen LogP contribution in [0.2, 0.25) is 0 Å². The third kappa shape index (κ3) is 5.15. The van der Waals surface area contributed by atoms with Crippen LogP contribution in [0.5, 0.6) is 17.2 Å². The van der Waals surface area contributed by atoms with Crippen molar-refractivity contribution in [3.05, 3.63) is 75.4 Å². The van der Waals surface area contributed by atoms with Gasteiger partial charge in [0.1, 0.15) is 29.0 Å². The van der Waals surface area contributed by atoms with Crippen molar-refractivity contribution in [2.75, 3.05) is 0 Å². The number of benzene rings is 2. The van der Waals surface area contributed by atoms with E-state index in [9.17, 15) is 15.0 Å². The van der Waals surface area contributed by atoms with Crippen LogP contribution in [0, 0.1) is 0 Å². The molecular weight excluding hydrogens is 440 g/mol. The highest BCUT2D eigenvalue weighted by molar-refractivity contribution is 6.00. The molecule has 2 atom stereocenters. The van der Waals surface area contributed by atoms with Crippen molar-refractivity contribution >= 4 is 5.78 Å². The van der Waals surface area contributed by atoms with E-state index < -0.39 is 17.8 Å². The van der Waals surface area contributed by atoms with Crippen molar-refractivity contribution in [1.29, 1.82) is 0 Å². The third-order valence-electron chi connectivity index (χ3n) is 6.83. The first-order valence-corrected chi connectivity index (χ1v) is 12.3. The largest absolute Gasteiger partial charge is 0.508 e. The molecule has 0 spiro atoms. The normalized spacial score (nSPS) is 20.1. The minimum Gasteiger partial charge on any atom is -0.508 e. The highest BCUT2D eigenvalue weighted by atomic mass is 16.5. The Morgan fingerprint density at radius 2 is 1.71 bits per heavy atom. The molecule has 4 rings (SSSR count). The fourth-order valence-electron chi connectivity index (χ4n) is 4.62. The van der Waals surface area contributed by atoms with Gasteiger partial charge >= 0.3 is 0 Å². The molecular formula is C30H36O5. The molecule has 2 N–H and O–H groups in total. The molecule has 5 heteroatoms. The predicted octanol–water partition coefficient (Wildman–Crippen LogP) is 6.19. The number of hydrogen-bond acceptors (Lipinski definition) is 5. The Morgan fingerprint density at radius 3 is 2.40 bits per heavy atom. The molecule has 35 heavy (non-hydrogen) atoms. The molecule has 0 radical (unpaired) electrons. The Kier molecular flexibility index (Phi) is 6.83. The van der Waals surface area contributed by atoms with E-state index in [4.69, 9.17) is 9.47 Å². The van der Waals surface area contributed by atoms with Gasteiger partial charge in [0.15, 0.2) is 5.78 Å². The number of rotatable bonds is 5. The summed E-state index contributed by atoms with van der Waals surface area (Å²) in [6, 6.07) is 7.29. The van der Waals surface area contributed by atoms with E-state index in [0.29, 0.717) is 36.1 Å². The van der Waals surface area contributed by atoms with Crippen LogP contribution < -0.4 is 9.47 Å². The van der Waals surface area contributed by atoms with Crippen molar-refractivity contribution < 1.29 is 24.5 Å². The number of phenols is 1. The Labute approximate surface area is 208 Å². The molecule has 2 aliphatic rings. The summed E-state index contributed by atoms with van der Waals surface area (Å²) < 4.78 is 12.7. The molecule has 0 aliphatic carbocycles. The number of ether oxygens (including phenoxy) is 2. The van der Waals surface area contributed by atoms with Gasteiger partial charge in [0.05, 0.1) is 18.1 Å². The minimum atomic E-state index is -0.679. The van der Waals surface area contributed by atoms with Crippen molar-refractivity contribution in [2.45, 2.75) is 85.0 Å². The minimum absolute atomic E-state index is 0.00399. The summed E-state index contributed by atoms with van der Waals surface area (Å²) >= 11 is 0. The second kappa shape index (κ2) is 9.54. The number of hydrogen-bond donors (Lipinski definition) is 2. The summed E-state index contributed by atoms with van der Waals surface area (Å²) in [5.41, 5.74) is 5.62. The van der Waals surface area contributed by atoms with Crippen LogP contribution in [0.4, 0.5) is 0 Å². The van der Waals surface area contributed by atoms with Crippen molar-refractivity contribution in [3.8, 4) is 17.2 Å². The van der Waals surface area contributed by atoms with Crippen LogP contribution in [0.1, 0.15) is 86.7 Å². The summed E-state index contributed by atoms with van der Waals surface area (Å²) in [5.74, 6) is 1.40. The second-order valence-electron chi connectivity index (χ2n) is 10.7. The number of phenolic OH excluding ortho intramolecular Hbond substituents is 1. The van der Waals surface area contributed by atoms with Gasteiger partial charge in [-0.05, 0) is 95.3 Å². The maximum atomic E-state index is 13.1. The Balaban J connectivity index is 1.78. The lowest BCUT2D eigenvalue weighted by Crippen LogP contribution is -2.46. The number of carbonyl (C=O) groups is 1. The maximum Gasteiger partial charge on any atom is 0.170 e. The molecule has 0 amide bonds. The number of Topliss-reactive ketones (excluding diaryl/α,β-unsaturated/α-hetero) is 1. The van der Waals surface area contributed by atoms with Gasteiger partial charge in [-0.25, -0.2) is 0 Å². The smallest absolute Gasteiger partial charge is 0.170 e. The lowest BCUT2D eigenvalue weighted by atomic mass is 9.86. The molecule has 1 unspecified atom stereocenters. The first kappa shape index (κ1) is 25.1. The third-order valence-corrected chi connectivity index (χ3v) is 6.83. The summed E-state index contributed by atoms with van der Waals surface area (Å²) in [6.45, 7) is 11.9. The topological polar surface area (TPSA) is 76.0 Å². The van der Waals surface area contributed by atoms with Gasteiger partial charge < -0.3 is 19.7 Å². The molecule has 0 saturated heterocycles. The number of aliphatic hydroxyl groups is 1. The summed E-state index contributed by atoms with van der Waals surface area (Å²) in [6.07, 6.45) is 4.92. The van der Waals surface area contributed by atoms with Crippen molar-refractivity contribution in [2.24, 2.45) is 0 Å². The monoisotopic (exact) mass is 476 g/mol. The van der Waals surface area contributed by atoms with Gasteiger partial charge in [0, 0.05) is 12.0 Å². The van der Waals surface area contributed by atoms with E-state index >= 15 is 0 Å². The highest BCUT2D eigenvalue weighted by Gasteiger charge is 2.38. The molecule has 0 aromatic heterocycles. The van der Waals surface area contributed by atoms with E-state index in [2.05, 4.69) is 26.0 Å². The van der Waals surface area contributed by atoms with E-state index in [0.717, 1.165) is 28.0 Å². The zero-order valence-electron chi connectivity index (χ0n) is 21.6. The molecule has 0 fully saturated rings. The molecule has 0 bridgehead atoms. The van der Waals surface area contributed by atoms with Crippen LogP contribution >= 0.6 is 0 Å². The first-order chi connectivity index (χ1) is 16.5. The first-order valence-electron chi connectivity index (χ1n) is 12.3. The fraction of sp³-hybridized carbons (Fsp3) is 0.433. The van der Waals surface area contributed by atoms with Gasteiger partial charge in [-0.15, -0.1) is 0 Å². The lowest BCUT2D eigenvalue weighted by molar-refractivity contribution is -0.0417. The van der Waals surface area contributed by atoms with Gasteiger partial charge in [-0.2, -0.15) is 0 Å². The van der Waals surface area contributed by atoms with E-state index in [1.165, 1.54) is 5.57 Å². The molecule has 2 aromatic carbocycles. The summed E-state index contributed by atoms with van der Waals surface area (Å²) in [4.78, 5) is 13.1. The predicted molar refractivity (Wildman–Crippen MR) is 138 cm³/mol. The van der Waals surface area contributed by atoms with E-state index in [1.54, 1.807) is 12.1 Å². The average molecular weight is 477 g/mol. The molecule has 0 saturated carbocycles. The van der Waals surface area contributed by atoms with Gasteiger partial charge in [0.2, 0.25) is 0 Å². The second-order valence-corrected chi connectivity index (χ2v) is 10.7. The maximum absolute atomic E-state index is 13.1. The molecule has 186 valence electrons. The van der Waals surface area contributed by atoms with Crippen LogP contribution in [0.15, 0.2) is 47.6 Å². The SMILES string of the molecule is CC(C)=CCc1cc([C@H]2CC(=O)c3ccc(O)c(CC=C(C)C)c3O2)cc2c1OC(C)(C)C(O)C2. The van der Waals surface area contributed by atoms with Crippen molar-refractivity contribution in [1.82, 2.24) is 0 Å². The molecule has 2 aromatic rings. The Hall–Kier alpha value is -3.05. The zero-order valence-corrected chi connectivity index (χ0v) is 21.6. The van der Waals surface area contributed by atoms with Crippen LogP contribution in [-0.2, 0) is 19.3 Å². The van der Waals surface area contributed by atoms with Gasteiger partial charge in [-0.3, -0.25) is 4.79 Å². The fourth-order valence-corrected chi connectivity index (χ4v) is 4.62. The lowest BCUT2D eigenvalue weighted by Gasteiger charge is -2.38. The average Bonchev–Trinajstić information content (AvgIpc) is 2.77. The van der Waals surface area contributed by atoms with Gasteiger partial charge in [-0.1, -0.05) is 23.3 Å². The Bertz CT molecular complexity index is 1210. The van der Waals surface area contributed by atoms with E-state index in [-0.39, 0.29) is 18.0 Å². The standard InChI is InChI=1S/C30H36O5/c1-17(2)7-9-19-13-20(14-21-15-27(33)30(5,6)35-28(19)21)26-16-25(32)23-11-12-24(31)22(29(23)34-26)10-8-18(3)4/h7-8,11-14,26-27,31,33H,9-10,15-16H2,1-6H3/t26-,27?/m1/s1. The zero-order chi connectivity index (χ0) is 25.5. The highest BCUT2D eigenvalue weighted by Crippen LogP contribution is 2.44. The number of allylic oxidation sites excluding steroid dienone is 4. The number of ketones is 1. The number of fused-ring (bicyclic) bond motifs is 2. The van der Waals surface area contributed by atoms with Crippen LogP contribution in [0.25, 0.3) is 0 Å². The molecule has 2 aliphatic heterocycles. The Morgan fingerprint density at radius 1 is 1.03 bits per heavy atom. The quantitative estimate of drug-likeness (QED) is 0.503. The van der Waals surface area contributed by atoms with Crippen LogP contribution in [0.3, 0.4) is 0 Å². The van der Waals surface area contributed by atoms with E-state index in [1.807, 2.05) is 39.8 Å². The molecule has 2 heterocycles. The molecule has 5 nitrogen and oxygen atoms in total. The van der Waals surface area contributed by atoms with Gasteiger partial charge in [0.25, 0.3) is 0 Å². The van der Waals surface area contributed by atoms with Crippen LogP contribution in [-0.4, -0.2) is 27.7 Å². The summed E-state index contributed by atoms with van der Waals surface area (Å²) in [5, 5.41) is 21.2. The van der Waals surface area contributed by atoms with Crippen molar-refractivity contribution in [3.63, 3.8) is 0 Å². The number of aliphatic hydroxyl groups excluding tert-OH is 1. The number of aromatic hydroxyl groups is 1.